The smallest absolute Gasteiger partial charge is 0.193 e. The summed E-state index contributed by atoms with van der Waals surface area (Å²) in [5.41, 5.74) is -0.807. The van der Waals surface area contributed by atoms with Gasteiger partial charge >= 0.3 is 0 Å². The van der Waals surface area contributed by atoms with Gasteiger partial charge in [0.2, 0.25) is 0 Å². The molecule has 0 saturated carbocycles. The Balaban J connectivity index is 0.00000312. The molecule has 0 aliphatic carbocycles. The lowest BCUT2D eigenvalue weighted by molar-refractivity contribution is 0.0381. The molecular weight excluding hydrogens is 460 g/mol. The lowest BCUT2D eigenvalue weighted by Crippen LogP contribution is -2.45. The van der Waals surface area contributed by atoms with E-state index in [2.05, 4.69) is 10.3 Å². The zero-order chi connectivity index (χ0) is 17.7. The molecule has 0 fully saturated rings. The summed E-state index contributed by atoms with van der Waals surface area (Å²) in [4.78, 5) is 5.88. The van der Waals surface area contributed by atoms with E-state index in [1.54, 1.807) is 50.2 Å². The van der Waals surface area contributed by atoms with E-state index in [-0.39, 0.29) is 42.9 Å². The van der Waals surface area contributed by atoms with Crippen LogP contribution in [0.5, 0.6) is 0 Å². The Bertz CT molecular complexity index is 688. The van der Waals surface area contributed by atoms with Crippen LogP contribution in [0.25, 0.3) is 0 Å². The monoisotopic (exact) mass is 481 g/mol. The van der Waals surface area contributed by atoms with Crippen molar-refractivity contribution in [3.05, 3.63) is 58.8 Å². The number of halogens is 3. The fourth-order valence-corrected chi connectivity index (χ4v) is 2.53. The van der Waals surface area contributed by atoms with Gasteiger partial charge < -0.3 is 19.7 Å². The highest BCUT2D eigenvalue weighted by Gasteiger charge is 2.27. The number of hydrogen-bond acceptors (Lipinski definition) is 3. The largest absolute Gasteiger partial charge is 0.466 e. The van der Waals surface area contributed by atoms with Crippen molar-refractivity contribution in [1.29, 1.82) is 0 Å². The van der Waals surface area contributed by atoms with Gasteiger partial charge in [-0.3, -0.25) is 4.99 Å². The Morgan fingerprint density at radius 1 is 1.40 bits per heavy atom. The minimum atomic E-state index is -1.20. The molecule has 1 atom stereocenters. The van der Waals surface area contributed by atoms with Crippen LogP contribution in [-0.2, 0) is 12.1 Å². The van der Waals surface area contributed by atoms with E-state index in [1.165, 1.54) is 12.3 Å². The summed E-state index contributed by atoms with van der Waals surface area (Å²) in [6, 6.07) is 7.99. The number of benzene rings is 1. The lowest BCUT2D eigenvalue weighted by atomic mass is 10.0. The fraction of sp³-hybridized carbons (Fsp3) is 0.353. The molecule has 0 saturated heterocycles. The summed E-state index contributed by atoms with van der Waals surface area (Å²) in [5.74, 6) is 0.582. The Morgan fingerprint density at radius 2 is 2.12 bits per heavy atom. The van der Waals surface area contributed by atoms with Crippen LogP contribution >= 0.6 is 35.6 Å². The molecule has 25 heavy (non-hydrogen) atoms. The topological polar surface area (TPSA) is 61.0 Å². The summed E-state index contributed by atoms with van der Waals surface area (Å²) < 4.78 is 19.2. The van der Waals surface area contributed by atoms with Crippen molar-refractivity contribution >= 4 is 41.5 Å². The maximum absolute atomic E-state index is 13.9. The first kappa shape index (κ1) is 21.7. The minimum absolute atomic E-state index is 0. The van der Waals surface area contributed by atoms with E-state index in [1.807, 2.05) is 0 Å². The SMILES string of the molecule is CN=C(NCC(C)(O)c1ccco1)N(C)Cc1c(F)cccc1Cl.I. The molecule has 0 spiro atoms. The molecule has 138 valence electrons. The van der Waals surface area contributed by atoms with Gasteiger partial charge in [0.15, 0.2) is 5.96 Å². The Labute approximate surface area is 168 Å². The summed E-state index contributed by atoms with van der Waals surface area (Å²) in [5, 5.41) is 13.9. The van der Waals surface area contributed by atoms with Gasteiger partial charge in [0.1, 0.15) is 17.2 Å². The normalized spacial score (nSPS) is 13.8. The standard InChI is InChI=1S/C17H21ClFN3O2.HI/c1-17(23,15-8-5-9-24-15)11-21-16(20-2)22(3)10-12-13(18)6-4-7-14(12)19;/h4-9,23H,10-11H2,1-3H3,(H,20,21);1H. The molecule has 0 radical (unpaired) electrons. The predicted octanol–water partition coefficient (Wildman–Crippen LogP) is 3.61. The minimum Gasteiger partial charge on any atom is -0.466 e. The number of hydrogen-bond donors (Lipinski definition) is 2. The van der Waals surface area contributed by atoms with Crippen LogP contribution in [0.2, 0.25) is 5.02 Å². The predicted molar refractivity (Wildman–Crippen MR) is 108 cm³/mol. The van der Waals surface area contributed by atoms with Gasteiger partial charge in [-0.15, -0.1) is 24.0 Å². The molecule has 0 aliphatic rings. The second-order valence-electron chi connectivity index (χ2n) is 5.71. The number of guanidine groups is 1. The summed E-state index contributed by atoms with van der Waals surface area (Å²) >= 11 is 6.06. The molecule has 2 rings (SSSR count). The maximum atomic E-state index is 13.9. The Hall–Kier alpha value is -1.32. The molecule has 2 aromatic rings. The molecule has 1 aromatic heterocycles. The number of furan rings is 1. The van der Waals surface area contributed by atoms with Crippen molar-refractivity contribution in [2.24, 2.45) is 4.99 Å². The van der Waals surface area contributed by atoms with Crippen LogP contribution in [-0.4, -0.2) is 36.6 Å². The second kappa shape index (κ2) is 9.40. The first-order valence-electron chi connectivity index (χ1n) is 7.46. The van der Waals surface area contributed by atoms with Gasteiger partial charge in [0.05, 0.1) is 12.8 Å². The summed E-state index contributed by atoms with van der Waals surface area (Å²) in [6.45, 7) is 2.07. The van der Waals surface area contributed by atoms with Gasteiger partial charge in [-0.25, -0.2) is 4.39 Å². The van der Waals surface area contributed by atoms with Crippen molar-refractivity contribution in [2.45, 2.75) is 19.1 Å². The van der Waals surface area contributed by atoms with E-state index in [4.69, 9.17) is 16.0 Å². The van der Waals surface area contributed by atoms with Gasteiger partial charge in [-0.1, -0.05) is 17.7 Å². The Morgan fingerprint density at radius 3 is 2.68 bits per heavy atom. The average molecular weight is 482 g/mol. The highest BCUT2D eigenvalue weighted by atomic mass is 127. The number of aliphatic hydroxyl groups is 1. The molecular formula is C17H22ClFIN3O2. The zero-order valence-corrected chi connectivity index (χ0v) is 17.4. The molecule has 1 unspecified atom stereocenters. The number of nitrogens with one attached hydrogen (secondary N) is 1. The molecule has 0 bridgehead atoms. The van der Waals surface area contributed by atoms with Gasteiger partial charge in [0.25, 0.3) is 0 Å². The highest BCUT2D eigenvalue weighted by Crippen LogP contribution is 2.21. The summed E-state index contributed by atoms with van der Waals surface area (Å²) in [6.07, 6.45) is 1.50. The zero-order valence-electron chi connectivity index (χ0n) is 14.3. The van der Waals surface area contributed by atoms with Crippen LogP contribution in [0.4, 0.5) is 4.39 Å². The van der Waals surface area contributed by atoms with Crippen LogP contribution in [0.1, 0.15) is 18.2 Å². The second-order valence-corrected chi connectivity index (χ2v) is 6.12. The number of rotatable bonds is 5. The van der Waals surface area contributed by atoms with E-state index >= 15 is 0 Å². The van der Waals surface area contributed by atoms with Crippen molar-refractivity contribution < 1.29 is 13.9 Å². The third kappa shape index (κ3) is 5.58. The van der Waals surface area contributed by atoms with Crippen LogP contribution in [0.3, 0.4) is 0 Å². The molecule has 0 aliphatic heterocycles. The quantitative estimate of drug-likeness (QED) is 0.389. The van der Waals surface area contributed by atoms with Gasteiger partial charge in [0, 0.05) is 31.2 Å². The van der Waals surface area contributed by atoms with Crippen molar-refractivity contribution in [3.63, 3.8) is 0 Å². The molecule has 5 nitrogen and oxygen atoms in total. The highest BCUT2D eigenvalue weighted by molar-refractivity contribution is 14.0. The molecule has 1 aromatic carbocycles. The van der Waals surface area contributed by atoms with Crippen LogP contribution in [0.15, 0.2) is 46.0 Å². The van der Waals surface area contributed by atoms with Crippen molar-refractivity contribution in [3.8, 4) is 0 Å². The van der Waals surface area contributed by atoms with Crippen LogP contribution in [0, 0.1) is 5.82 Å². The van der Waals surface area contributed by atoms with Crippen molar-refractivity contribution in [1.82, 2.24) is 10.2 Å². The summed E-state index contributed by atoms with van der Waals surface area (Å²) in [7, 11) is 3.38. The molecule has 0 amide bonds. The van der Waals surface area contributed by atoms with Crippen molar-refractivity contribution in [2.75, 3.05) is 20.6 Å². The molecule has 2 N–H and O–H groups in total. The average Bonchev–Trinajstić information content (AvgIpc) is 3.07. The third-order valence-corrected chi connectivity index (χ3v) is 4.03. The first-order chi connectivity index (χ1) is 11.3. The molecule has 1 heterocycles. The maximum Gasteiger partial charge on any atom is 0.193 e. The number of nitrogens with zero attached hydrogens (tertiary/aromatic N) is 2. The van der Waals surface area contributed by atoms with E-state index in [0.717, 1.165) is 0 Å². The van der Waals surface area contributed by atoms with Gasteiger partial charge in [-0.05, 0) is 31.2 Å². The van der Waals surface area contributed by atoms with Gasteiger partial charge in [-0.2, -0.15) is 0 Å². The first-order valence-corrected chi connectivity index (χ1v) is 7.84. The Kier molecular flexibility index (Phi) is 8.17. The lowest BCUT2D eigenvalue weighted by Gasteiger charge is -2.27. The van der Waals surface area contributed by atoms with E-state index < -0.39 is 5.60 Å². The number of aliphatic imine (C=N–C) groups is 1. The fourth-order valence-electron chi connectivity index (χ4n) is 2.30. The molecule has 8 heteroatoms. The van der Waals surface area contributed by atoms with E-state index in [9.17, 15) is 9.50 Å². The third-order valence-electron chi connectivity index (χ3n) is 3.67. The van der Waals surface area contributed by atoms with E-state index in [0.29, 0.717) is 22.3 Å². The van der Waals surface area contributed by atoms with Crippen LogP contribution < -0.4 is 5.32 Å².